The lowest BCUT2D eigenvalue weighted by atomic mass is 9.70. The Bertz CT molecular complexity index is 3060. The second-order valence-corrected chi connectivity index (χ2v) is 24.2. The van der Waals surface area contributed by atoms with Gasteiger partial charge in [-0.3, -0.25) is 19.8 Å². The van der Waals surface area contributed by atoms with E-state index < -0.39 is 37.0 Å². The molecule has 11 rings (SSSR count). The number of carbonyl (C=O) groups excluding carboxylic acids is 1. The minimum atomic E-state index is -4.74. The lowest BCUT2D eigenvalue weighted by Gasteiger charge is -2.57. The van der Waals surface area contributed by atoms with Gasteiger partial charge in [0, 0.05) is 67.2 Å². The van der Waals surface area contributed by atoms with Crippen LogP contribution in [0.3, 0.4) is 0 Å². The van der Waals surface area contributed by atoms with Gasteiger partial charge in [0.15, 0.2) is 17.2 Å². The molecule has 2 aromatic heterocycles. The van der Waals surface area contributed by atoms with Crippen LogP contribution in [0.15, 0.2) is 71.6 Å². The van der Waals surface area contributed by atoms with Gasteiger partial charge >= 0.3 is 0 Å². The van der Waals surface area contributed by atoms with Gasteiger partial charge in [-0.05, 0) is 124 Å². The molecule has 1 unspecified atom stereocenters. The number of aliphatic hydroxyl groups is 1. The number of hydrogen-bond donors (Lipinski definition) is 4. The molecule has 1 spiro atoms. The Morgan fingerprint density at radius 3 is 2.52 bits per heavy atom. The monoisotopic (exact) mass is 1050 g/mol. The number of nitrogens with zero attached hydrogens (tertiary/aromatic N) is 4. The van der Waals surface area contributed by atoms with Gasteiger partial charge < -0.3 is 44.0 Å². The number of H-pyrrole nitrogens is 1. The third-order valence-corrected chi connectivity index (χ3v) is 18.1. The summed E-state index contributed by atoms with van der Waals surface area (Å²) >= 11 is 0. The Balaban J connectivity index is 0.850. The highest BCUT2D eigenvalue weighted by Crippen LogP contribution is 2.50. The van der Waals surface area contributed by atoms with Gasteiger partial charge in [-0.15, -0.1) is 0 Å². The van der Waals surface area contributed by atoms with E-state index in [0.717, 1.165) is 61.9 Å². The third-order valence-electron chi connectivity index (χ3n) is 16.8. The van der Waals surface area contributed by atoms with Crippen molar-refractivity contribution in [1.29, 1.82) is 0 Å². The fourth-order valence-corrected chi connectivity index (χ4v) is 13.7. The Labute approximate surface area is 438 Å². The summed E-state index contributed by atoms with van der Waals surface area (Å²) in [6.45, 7) is 13.5. The molecule has 0 radical (unpaired) electrons. The number of amides is 1. The van der Waals surface area contributed by atoms with Crippen LogP contribution in [0.1, 0.15) is 118 Å². The molecule has 6 heterocycles. The number of anilines is 2. The van der Waals surface area contributed by atoms with Crippen LogP contribution in [0, 0.1) is 28.4 Å². The molecule has 4 atom stereocenters. The summed E-state index contributed by atoms with van der Waals surface area (Å²) in [6, 6.07) is 20.2. The Morgan fingerprint density at radius 1 is 0.987 bits per heavy atom. The number of benzene rings is 3. The van der Waals surface area contributed by atoms with Crippen molar-refractivity contribution < 1.29 is 46.9 Å². The molecular weight excluding hydrogens is 979 g/mol. The highest BCUT2D eigenvalue weighted by Gasteiger charge is 2.50. The maximum atomic E-state index is 14.5. The first-order valence-corrected chi connectivity index (χ1v) is 28.2. The summed E-state index contributed by atoms with van der Waals surface area (Å²) in [4.78, 5) is 38.9. The van der Waals surface area contributed by atoms with E-state index in [-0.39, 0.29) is 71.1 Å². The molecule has 18 nitrogen and oxygen atoms in total. The van der Waals surface area contributed by atoms with Crippen molar-refractivity contribution in [3.05, 3.63) is 99.2 Å². The molecule has 3 saturated heterocycles. The lowest BCUT2D eigenvalue weighted by Crippen LogP contribution is -2.63. The summed E-state index contributed by atoms with van der Waals surface area (Å²) in [5.74, 6) is 0.456. The van der Waals surface area contributed by atoms with Gasteiger partial charge in [-0.1, -0.05) is 44.5 Å². The molecule has 6 aliphatic rings. The summed E-state index contributed by atoms with van der Waals surface area (Å²) < 4.78 is 61.1. The number of nitro benzene ring substituents is 1. The number of hydrogen-bond acceptors (Lipinski definition) is 15. The smallest absolute Gasteiger partial charge is 0.297 e. The number of rotatable bonds is 14. The number of aromatic amines is 1. The molecule has 19 heteroatoms. The number of ether oxygens (including phenoxy) is 5. The number of aromatic nitrogens is 2. The fraction of sp³-hybridized carbons (Fsp3) is 0.536. The molecule has 0 bridgehead atoms. The highest BCUT2D eigenvalue weighted by atomic mass is 32.2. The zero-order valence-corrected chi connectivity index (χ0v) is 44.1. The van der Waals surface area contributed by atoms with Gasteiger partial charge in [0.1, 0.15) is 30.7 Å². The molecule has 75 heavy (non-hydrogen) atoms. The first kappa shape index (κ1) is 51.1. The van der Waals surface area contributed by atoms with E-state index in [4.69, 9.17) is 28.7 Å². The van der Waals surface area contributed by atoms with Crippen LogP contribution in [-0.2, 0) is 19.5 Å². The number of likely N-dealkylation sites (tertiary alicyclic amines) is 1. The van der Waals surface area contributed by atoms with E-state index >= 15 is 0 Å². The summed E-state index contributed by atoms with van der Waals surface area (Å²) in [7, 11) is -4.74. The summed E-state index contributed by atoms with van der Waals surface area (Å²) in [6.07, 6.45) is 7.90. The largest absolute Gasteiger partial charge is 0.489 e. The quantitative estimate of drug-likeness (QED) is 0.0602. The molecule has 3 aromatic carbocycles. The molecule has 2 saturated carbocycles. The van der Waals surface area contributed by atoms with E-state index in [1.54, 1.807) is 31.2 Å². The summed E-state index contributed by atoms with van der Waals surface area (Å²) in [5.41, 5.74) is 4.11. The van der Waals surface area contributed by atoms with E-state index in [1.807, 2.05) is 13.0 Å². The Morgan fingerprint density at radius 2 is 1.77 bits per heavy atom. The highest BCUT2D eigenvalue weighted by molar-refractivity contribution is 7.90. The summed E-state index contributed by atoms with van der Waals surface area (Å²) in [5, 5.41) is 27.0. The predicted octanol–water partition coefficient (Wildman–Crippen LogP) is 8.96. The number of carbonyl (C=O) groups is 1. The number of nitro groups is 1. The second-order valence-electron chi connectivity index (χ2n) is 22.5. The molecule has 5 fully saturated rings. The van der Waals surface area contributed by atoms with Crippen molar-refractivity contribution >= 4 is 44.0 Å². The molecule has 4 aliphatic heterocycles. The van der Waals surface area contributed by atoms with Crippen LogP contribution < -0.4 is 29.1 Å². The SMILES string of the molecule is Cc1cc2cc(Oc3cc(N4CCC5(CC4)CN(C4CCC[C@H]4c4ccccc4C(C)C)C5)ccc3C(=O)NS(=O)(=O)c3cc4c(c([N+](=O)[O-])c3)N[C@@H](C3CCC(C)(O)CC3)CO4)c(OC[C@@H]3COCCO3)nc2[nH]1. The van der Waals surface area contributed by atoms with Gasteiger partial charge in [-0.2, -0.15) is 4.98 Å². The third kappa shape index (κ3) is 10.6. The fourth-order valence-electron chi connectivity index (χ4n) is 12.7. The van der Waals surface area contributed by atoms with Crippen LogP contribution in [0.5, 0.6) is 23.1 Å². The Hall–Kier alpha value is -5.99. The number of aryl methyl sites for hydroxylation is 1. The molecule has 2 aliphatic carbocycles. The molecular formula is C56H69N7O11S. The maximum absolute atomic E-state index is 14.5. The molecule has 400 valence electrons. The van der Waals surface area contributed by atoms with E-state index in [2.05, 4.69) is 62.9 Å². The molecule has 1 amide bonds. The zero-order chi connectivity index (χ0) is 52.2. The topological polar surface area (TPSA) is 220 Å². The van der Waals surface area contributed by atoms with Crippen molar-refractivity contribution in [3.8, 4) is 23.1 Å². The number of pyridine rings is 1. The van der Waals surface area contributed by atoms with E-state index in [0.29, 0.717) is 69.0 Å². The lowest BCUT2D eigenvalue weighted by molar-refractivity contribution is -0.384. The number of sulfonamides is 1. The van der Waals surface area contributed by atoms with Crippen LogP contribution in [0.2, 0.25) is 0 Å². The van der Waals surface area contributed by atoms with Gasteiger partial charge in [0.25, 0.3) is 27.5 Å². The van der Waals surface area contributed by atoms with Crippen molar-refractivity contribution in [2.45, 2.75) is 126 Å². The first-order valence-electron chi connectivity index (χ1n) is 26.7. The number of nitrogens with one attached hydrogen (secondary N) is 3. The standard InChI is InChI=1S/C56H69N7O11S/c1-34(2)41-8-5-6-9-42(41)43-10-7-11-46(43)62-32-56(33-62)18-20-61(21-19-56)38-12-13-44(48(26-38)74-50-25-37-24-35(3)57-52(37)59-54(50)73-30-39-29-70-22-23-71-39)53(64)60-75(68,69)40-27-47(63(66)67)51-49(28-40)72-31-45(58-51)36-14-16-55(4,65)17-15-36/h5-6,8-9,12-13,24-28,34,36,39,43,45-46,58,65H,7,10-11,14-23,29-33H2,1-4H3,(H,57,59)(H,60,64)/t36?,39-,43-,45+,46?,55?/m0/s1. The van der Waals surface area contributed by atoms with E-state index in [1.165, 1.54) is 36.5 Å². The van der Waals surface area contributed by atoms with Crippen LogP contribution in [0.4, 0.5) is 17.1 Å². The van der Waals surface area contributed by atoms with E-state index in [9.17, 15) is 28.4 Å². The van der Waals surface area contributed by atoms with Crippen LogP contribution in [-0.4, -0.2) is 122 Å². The maximum Gasteiger partial charge on any atom is 0.297 e. The average Bonchev–Trinajstić information content (AvgIpc) is 4.02. The van der Waals surface area contributed by atoms with Crippen LogP contribution in [0.25, 0.3) is 11.0 Å². The zero-order valence-electron chi connectivity index (χ0n) is 43.3. The van der Waals surface area contributed by atoms with Gasteiger partial charge in [0.05, 0.1) is 46.8 Å². The first-order chi connectivity index (χ1) is 36.0. The Kier molecular flexibility index (Phi) is 14.0. The number of piperidine rings is 1. The van der Waals surface area contributed by atoms with Crippen LogP contribution >= 0.6 is 0 Å². The predicted molar refractivity (Wildman–Crippen MR) is 283 cm³/mol. The van der Waals surface area contributed by atoms with Gasteiger partial charge in [-0.25, -0.2) is 13.1 Å². The average molecular weight is 1050 g/mol. The minimum Gasteiger partial charge on any atom is -0.489 e. The molecule has 5 aromatic rings. The number of fused-ring (bicyclic) bond motifs is 2. The van der Waals surface area contributed by atoms with Crippen molar-refractivity contribution in [2.75, 3.05) is 69.4 Å². The van der Waals surface area contributed by atoms with Gasteiger partial charge in [0.2, 0.25) is 0 Å². The normalized spacial score (nSPS) is 25.8. The van der Waals surface area contributed by atoms with Crippen molar-refractivity contribution in [1.82, 2.24) is 19.6 Å². The van der Waals surface area contributed by atoms with Crippen molar-refractivity contribution in [3.63, 3.8) is 0 Å². The second kappa shape index (κ2) is 20.5. The minimum absolute atomic E-state index is 0.0156. The van der Waals surface area contributed by atoms with Crippen molar-refractivity contribution in [2.24, 2.45) is 11.3 Å². The molecule has 4 N–H and O–H groups in total.